The first-order valence-corrected chi connectivity index (χ1v) is 6.95. The number of aryl methyl sites for hydroxylation is 1. The summed E-state index contributed by atoms with van der Waals surface area (Å²) < 4.78 is 0. The van der Waals surface area contributed by atoms with Crippen LogP contribution < -0.4 is 5.32 Å². The molecular weight excluding hydrogens is 254 g/mol. The molecule has 0 unspecified atom stereocenters. The van der Waals surface area contributed by atoms with Crippen molar-refractivity contribution < 1.29 is 4.79 Å². The second-order valence-electron chi connectivity index (χ2n) is 3.97. The van der Waals surface area contributed by atoms with E-state index in [4.69, 9.17) is 0 Å². The summed E-state index contributed by atoms with van der Waals surface area (Å²) in [5.74, 6) is 0.215. The second kappa shape index (κ2) is 4.93. The van der Waals surface area contributed by atoms with Crippen LogP contribution in [-0.2, 0) is 0 Å². The predicted octanol–water partition coefficient (Wildman–Crippen LogP) is 3.28. The zero-order valence-corrected chi connectivity index (χ0v) is 11.5. The van der Waals surface area contributed by atoms with Crippen molar-refractivity contribution in [3.63, 3.8) is 0 Å². The molecule has 2 aromatic heterocycles. The van der Waals surface area contributed by atoms with Gasteiger partial charge >= 0.3 is 0 Å². The molecule has 0 saturated heterocycles. The van der Waals surface area contributed by atoms with Crippen LogP contribution in [-0.4, -0.2) is 15.9 Å². The number of thiazole rings is 2. The summed E-state index contributed by atoms with van der Waals surface area (Å²) in [6.07, 6.45) is 1.62. The molecule has 0 saturated carbocycles. The molecular formula is C11H13N3OS2. The third-order valence-corrected chi connectivity index (χ3v) is 4.25. The third-order valence-electron chi connectivity index (χ3n) is 2.08. The number of nitrogens with zero attached hydrogens (tertiary/aromatic N) is 2. The quantitative estimate of drug-likeness (QED) is 0.928. The van der Waals surface area contributed by atoms with Crippen LogP contribution in [0.15, 0.2) is 11.6 Å². The highest BCUT2D eigenvalue weighted by Gasteiger charge is 2.13. The Kier molecular flexibility index (Phi) is 3.54. The van der Waals surface area contributed by atoms with Crippen molar-refractivity contribution >= 4 is 33.7 Å². The fraction of sp³-hybridized carbons (Fsp3) is 0.364. The van der Waals surface area contributed by atoms with Gasteiger partial charge in [-0.05, 0) is 6.92 Å². The molecule has 0 bridgehead atoms. The van der Waals surface area contributed by atoms with Crippen LogP contribution in [0.3, 0.4) is 0 Å². The number of carbonyl (C=O) groups excluding carboxylic acids is 1. The molecule has 2 aromatic rings. The average molecular weight is 267 g/mol. The molecule has 2 rings (SSSR count). The maximum absolute atomic E-state index is 11.9. The van der Waals surface area contributed by atoms with Gasteiger partial charge in [-0.3, -0.25) is 10.1 Å². The van der Waals surface area contributed by atoms with Gasteiger partial charge in [0, 0.05) is 11.3 Å². The summed E-state index contributed by atoms with van der Waals surface area (Å²) in [6, 6.07) is 0. The summed E-state index contributed by atoms with van der Waals surface area (Å²) in [6.45, 7) is 6.02. The monoisotopic (exact) mass is 267 g/mol. The maximum Gasteiger partial charge on any atom is 0.269 e. The summed E-state index contributed by atoms with van der Waals surface area (Å²) in [4.78, 5) is 20.9. The van der Waals surface area contributed by atoms with E-state index in [1.54, 1.807) is 6.20 Å². The number of nitrogens with one attached hydrogen (secondary N) is 1. The zero-order chi connectivity index (χ0) is 12.4. The Hall–Kier alpha value is -1.27. The lowest BCUT2D eigenvalue weighted by atomic mass is 10.2. The number of carbonyl (C=O) groups is 1. The summed E-state index contributed by atoms with van der Waals surface area (Å²) in [7, 11) is 0. The number of hydrogen-bond acceptors (Lipinski definition) is 5. The van der Waals surface area contributed by atoms with E-state index in [0.717, 1.165) is 10.7 Å². The third kappa shape index (κ3) is 2.89. The topological polar surface area (TPSA) is 54.9 Å². The number of aromatic nitrogens is 2. The maximum atomic E-state index is 11.9. The highest BCUT2D eigenvalue weighted by Crippen LogP contribution is 2.22. The Morgan fingerprint density at radius 3 is 2.76 bits per heavy atom. The fourth-order valence-corrected chi connectivity index (χ4v) is 2.73. The zero-order valence-electron chi connectivity index (χ0n) is 9.85. The van der Waals surface area contributed by atoms with Gasteiger partial charge in [-0.15, -0.1) is 22.7 Å². The van der Waals surface area contributed by atoms with Gasteiger partial charge in [-0.2, -0.15) is 0 Å². The standard InChI is InChI=1S/C11H13N3OS2/c1-6(2)10-12-4-8(17-10)9(15)14-11-13-7(3)5-16-11/h4-6H,1-3H3,(H,13,14,15). The summed E-state index contributed by atoms with van der Waals surface area (Å²) in [5, 5.41) is 6.28. The van der Waals surface area contributed by atoms with Gasteiger partial charge in [0.05, 0.1) is 16.9 Å². The van der Waals surface area contributed by atoms with Gasteiger partial charge in [0.1, 0.15) is 4.88 Å². The van der Waals surface area contributed by atoms with E-state index in [1.165, 1.54) is 22.7 Å². The second-order valence-corrected chi connectivity index (χ2v) is 5.89. The molecule has 1 N–H and O–H groups in total. The number of hydrogen-bond donors (Lipinski definition) is 1. The van der Waals surface area contributed by atoms with E-state index in [-0.39, 0.29) is 5.91 Å². The molecule has 1 amide bonds. The van der Waals surface area contributed by atoms with Crippen molar-refractivity contribution in [1.82, 2.24) is 9.97 Å². The Labute approximate surface area is 108 Å². The molecule has 0 aliphatic rings. The van der Waals surface area contributed by atoms with Gasteiger partial charge in [-0.1, -0.05) is 13.8 Å². The van der Waals surface area contributed by atoms with Gasteiger partial charge < -0.3 is 0 Å². The largest absolute Gasteiger partial charge is 0.297 e. The van der Waals surface area contributed by atoms with E-state index < -0.39 is 0 Å². The van der Waals surface area contributed by atoms with Gasteiger partial charge in [-0.25, -0.2) is 9.97 Å². The summed E-state index contributed by atoms with van der Waals surface area (Å²) >= 11 is 2.86. The molecule has 0 aliphatic carbocycles. The Bertz CT molecular complexity index is 530. The first kappa shape index (κ1) is 12.2. The van der Waals surface area contributed by atoms with Crippen LogP contribution in [0.4, 0.5) is 5.13 Å². The normalized spacial score (nSPS) is 10.8. The first-order chi connectivity index (χ1) is 8.06. The first-order valence-electron chi connectivity index (χ1n) is 5.25. The molecule has 0 fully saturated rings. The minimum absolute atomic E-state index is 0.135. The van der Waals surface area contributed by atoms with E-state index >= 15 is 0 Å². The van der Waals surface area contributed by atoms with Crippen LogP contribution in [0.25, 0.3) is 0 Å². The van der Waals surface area contributed by atoms with E-state index in [0.29, 0.717) is 15.9 Å². The molecule has 0 spiro atoms. The number of amides is 1. The minimum atomic E-state index is -0.135. The number of anilines is 1. The molecule has 90 valence electrons. The lowest BCUT2D eigenvalue weighted by molar-refractivity contribution is 0.103. The lowest BCUT2D eigenvalue weighted by Gasteiger charge is -1.98. The molecule has 0 atom stereocenters. The lowest BCUT2D eigenvalue weighted by Crippen LogP contribution is -2.09. The molecule has 2 heterocycles. The van der Waals surface area contributed by atoms with Gasteiger partial charge in [0.25, 0.3) is 5.91 Å². The van der Waals surface area contributed by atoms with Crippen LogP contribution in [0.2, 0.25) is 0 Å². The SMILES string of the molecule is Cc1csc(NC(=O)c2cnc(C(C)C)s2)n1. The average Bonchev–Trinajstić information content (AvgIpc) is 2.86. The molecule has 4 nitrogen and oxygen atoms in total. The Morgan fingerprint density at radius 1 is 1.47 bits per heavy atom. The molecule has 17 heavy (non-hydrogen) atoms. The van der Waals surface area contributed by atoms with Crippen molar-refractivity contribution in [2.45, 2.75) is 26.7 Å². The van der Waals surface area contributed by atoms with E-state index in [2.05, 4.69) is 29.1 Å². The molecule has 0 aromatic carbocycles. The molecule has 0 radical (unpaired) electrons. The van der Waals surface area contributed by atoms with Crippen molar-refractivity contribution in [3.05, 3.63) is 27.2 Å². The molecule has 6 heteroatoms. The van der Waals surface area contributed by atoms with E-state index in [9.17, 15) is 4.79 Å². The van der Waals surface area contributed by atoms with Crippen LogP contribution in [0, 0.1) is 6.92 Å². The molecule has 0 aliphatic heterocycles. The minimum Gasteiger partial charge on any atom is -0.297 e. The van der Waals surface area contributed by atoms with Crippen molar-refractivity contribution in [2.24, 2.45) is 0 Å². The highest BCUT2D eigenvalue weighted by atomic mass is 32.1. The number of rotatable bonds is 3. The highest BCUT2D eigenvalue weighted by molar-refractivity contribution is 7.15. The van der Waals surface area contributed by atoms with E-state index in [1.807, 2.05) is 12.3 Å². The van der Waals surface area contributed by atoms with Crippen LogP contribution >= 0.6 is 22.7 Å². The Morgan fingerprint density at radius 2 is 2.24 bits per heavy atom. The van der Waals surface area contributed by atoms with Gasteiger partial charge in [0.15, 0.2) is 5.13 Å². The summed E-state index contributed by atoms with van der Waals surface area (Å²) in [5.41, 5.74) is 0.914. The van der Waals surface area contributed by atoms with Crippen molar-refractivity contribution in [3.8, 4) is 0 Å². The van der Waals surface area contributed by atoms with Crippen LogP contribution in [0.1, 0.15) is 40.1 Å². The van der Waals surface area contributed by atoms with Gasteiger partial charge in [0.2, 0.25) is 0 Å². The predicted molar refractivity (Wildman–Crippen MR) is 71.0 cm³/mol. The smallest absolute Gasteiger partial charge is 0.269 e. The van der Waals surface area contributed by atoms with Crippen molar-refractivity contribution in [1.29, 1.82) is 0 Å². The van der Waals surface area contributed by atoms with Crippen LogP contribution in [0.5, 0.6) is 0 Å². The fourth-order valence-electron chi connectivity index (χ4n) is 1.23. The Balaban J connectivity index is 2.09. The van der Waals surface area contributed by atoms with Crippen molar-refractivity contribution in [2.75, 3.05) is 5.32 Å².